The summed E-state index contributed by atoms with van der Waals surface area (Å²) in [6.45, 7) is 6.45. The zero-order valence-electron chi connectivity index (χ0n) is 23.7. The molecule has 4 aromatic rings. The van der Waals surface area contributed by atoms with Crippen LogP contribution in [-0.2, 0) is 17.8 Å². The summed E-state index contributed by atoms with van der Waals surface area (Å²) < 4.78 is 3.80. The number of nitrogens with one attached hydrogen (secondary N) is 1. The van der Waals surface area contributed by atoms with Gasteiger partial charge in [0.05, 0.1) is 12.6 Å². The fraction of sp³-hybridized carbons (Fsp3) is 0.484. The predicted octanol–water partition coefficient (Wildman–Crippen LogP) is 5.63. The topological polar surface area (TPSA) is 111 Å². The first-order valence-corrected chi connectivity index (χ1v) is 14.6. The standard InChI is InChI=1S/C31H39N7O2/c1-4-5-12-24-20-38(29-21(2)11-7-6-8-13-25(29)22(3)39)31(40)37(24)19-23-18-32-17-16-26(23)27-14-9-10-15-28(27)30-33-35-36-34-30/h9-10,14-18,20-21,25,29H,4-8,11-13,19H2,1-3H3,(H,33,34,35,36). The van der Waals surface area contributed by atoms with E-state index in [4.69, 9.17) is 0 Å². The van der Waals surface area contributed by atoms with Gasteiger partial charge < -0.3 is 0 Å². The SMILES string of the molecule is CCCCc1cn(C2C(C)CCCCCC2C(C)=O)c(=O)n1Cc1cnccc1-c1ccccc1-c1nn[nH]n1. The highest BCUT2D eigenvalue weighted by molar-refractivity contribution is 5.81. The van der Waals surface area contributed by atoms with E-state index >= 15 is 0 Å². The molecule has 0 radical (unpaired) electrons. The smallest absolute Gasteiger partial charge is 0.300 e. The van der Waals surface area contributed by atoms with Crippen LogP contribution in [0.2, 0.25) is 0 Å². The molecule has 9 nitrogen and oxygen atoms in total. The number of unbranched alkanes of at least 4 members (excludes halogenated alkanes) is 1. The first-order valence-electron chi connectivity index (χ1n) is 14.6. The van der Waals surface area contributed by atoms with Gasteiger partial charge in [-0.05, 0) is 66.5 Å². The van der Waals surface area contributed by atoms with Gasteiger partial charge in [0.1, 0.15) is 5.78 Å². The highest BCUT2D eigenvalue weighted by Crippen LogP contribution is 2.37. The number of ketones is 1. The summed E-state index contributed by atoms with van der Waals surface area (Å²) in [5.74, 6) is 0.802. The summed E-state index contributed by atoms with van der Waals surface area (Å²) >= 11 is 0. The minimum atomic E-state index is -0.140. The maximum Gasteiger partial charge on any atom is 0.328 e. The Morgan fingerprint density at radius 1 is 1.07 bits per heavy atom. The second-order valence-corrected chi connectivity index (χ2v) is 11.1. The van der Waals surface area contributed by atoms with Crippen molar-refractivity contribution < 1.29 is 4.79 Å². The van der Waals surface area contributed by atoms with Crippen LogP contribution in [0.1, 0.15) is 83.0 Å². The molecule has 1 fully saturated rings. The van der Waals surface area contributed by atoms with Crippen LogP contribution in [0, 0.1) is 11.8 Å². The highest BCUT2D eigenvalue weighted by atomic mass is 16.2. The number of carbonyl (C=O) groups is 1. The van der Waals surface area contributed by atoms with Crippen LogP contribution in [-0.4, -0.2) is 40.5 Å². The lowest BCUT2D eigenvalue weighted by atomic mass is 9.78. The van der Waals surface area contributed by atoms with Gasteiger partial charge in [-0.25, -0.2) is 4.79 Å². The number of hydrogen-bond donors (Lipinski definition) is 1. The van der Waals surface area contributed by atoms with Crippen molar-refractivity contribution >= 4 is 5.78 Å². The largest absolute Gasteiger partial charge is 0.328 e. The molecule has 3 atom stereocenters. The highest BCUT2D eigenvalue weighted by Gasteiger charge is 2.34. The predicted molar refractivity (Wildman–Crippen MR) is 155 cm³/mol. The maximum absolute atomic E-state index is 14.2. The summed E-state index contributed by atoms with van der Waals surface area (Å²) in [5.41, 5.74) is 4.67. The molecule has 0 saturated heterocycles. The van der Waals surface area contributed by atoms with Crippen molar-refractivity contribution in [1.82, 2.24) is 34.7 Å². The number of H-pyrrole nitrogens is 1. The molecule has 1 aromatic carbocycles. The average Bonchev–Trinajstić information content (AvgIpc) is 3.59. The number of imidazole rings is 1. The van der Waals surface area contributed by atoms with Crippen molar-refractivity contribution in [3.05, 3.63) is 70.7 Å². The Morgan fingerprint density at radius 2 is 1.88 bits per heavy atom. The normalized spacial score (nSPS) is 19.7. The van der Waals surface area contributed by atoms with Crippen molar-refractivity contribution in [3.63, 3.8) is 0 Å². The lowest BCUT2D eigenvalue weighted by molar-refractivity contribution is -0.123. The first kappa shape index (κ1) is 27.7. The molecule has 5 rings (SSSR count). The van der Waals surface area contributed by atoms with Crippen molar-refractivity contribution in [2.45, 2.75) is 84.7 Å². The number of pyridine rings is 1. The Labute approximate surface area is 235 Å². The van der Waals surface area contributed by atoms with E-state index in [2.05, 4.69) is 39.5 Å². The van der Waals surface area contributed by atoms with Crippen molar-refractivity contribution in [1.29, 1.82) is 0 Å². The van der Waals surface area contributed by atoms with E-state index in [0.29, 0.717) is 12.4 Å². The molecule has 1 N–H and O–H groups in total. The van der Waals surface area contributed by atoms with E-state index in [1.54, 1.807) is 13.1 Å². The van der Waals surface area contributed by atoms with Crippen LogP contribution >= 0.6 is 0 Å². The molecular weight excluding hydrogens is 502 g/mol. The fourth-order valence-corrected chi connectivity index (χ4v) is 6.32. The number of Topliss-reactive ketones (excluding diaryl/α,β-unsaturated/α-hetero) is 1. The van der Waals surface area contributed by atoms with Gasteiger partial charge in [-0.2, -0.15) is 5.21 Å². The van der Waals surface area contributed by atoms with Crippen LogP contribution < -0.4 is 5.69 Å². The van der Waals surface area contributed by atoms with E-state index in [1.807, 2.05) is 51.9 Å². The Morgan fingerprint density at radius 3 is 2.62 bits per heavy atom. The minimum absolute atomic E-state index is 0.0453. The van der Waals surface area contributed by atoms with Crippen molar-refractivity contribution in [2.75, 3.05) is 0 Å². The molecule has 9 heteroatoms. The van der Waals surface area contributed by atoms with E-state index in [9.17, 15) is 9.59 Å². The van der Waals surface area contributed by atoms with E-state index in [-0.39, 0.29) is 29.4 Å². The molecular formula is C31H39N7O2. The number of aromatic nitrogens is 7. The van der Waals surface area contributed by atoms with Crippen LogP contribution in [0.25, 0.3) is 22.5 Å². The van der Waals surface area contributed by atoms with Crippen LogP contribution in [0.4, 0.5) is 0 Å². The first-order chi connectivity index (χ1) is 19.5. The molecule has 0 amide bonds. The van der Waals surface area contributed by atoms with Crippen molar-refractivity contribution in [3.8, 4) is 22.5 Å². The fourth-order valence-electron chi connectivity index (χ4n) is 6.32. The number of aromatic amines is 1. The number of nitrogens with zero attached hydrogens (tertiary/aromatic N) is 6. The maximum atomic E-state index is 14.2. The van der Waals surface area contributed by atoms with E-state index in [0.717, 1.165) is 79.3 Å². The molecule has 3 unspecified atom stereocenters. The van der Waals surface area contributed by atoms with Gasteiger partial charge >= 0.3 is 5.69 Å². The number of tetrazole rings is 1. The summed E-state index contributed by atoms with van der Waals surface area (Å²) in [4.78, 5) is 31.5. The van der Waals surface area contributed by atoms with Crippen LogP contribution in [0.5, 0.6) is 0 Å². The molecule has 3 aromatic heterocycles. The second kappa shape index (κ2) is 12.5. The monoisotopic (exact) mass is 541 g/mol. The Kier molecular flexibility index (Phi) is 8.67. The zero-order valence-corrected chi connectivity index (χ0v) is 23.7. The van der Waals surface area contributed by atoms with Crippen LogP contribution in [0.15, 0.2) is 53.7 Å². The van der Waals surface area contributed by atoms with E-state index < -0.39 is 0 Å². The Hall–Kier alpha value is -3.88. The van der Waals surface area contributed by atoms with E-state index in [1.165, 1.54) is 0 Å². The summed E-state index contributed by atoms with van der Waals surface area (Å²) in [7, 11) is 0. The Bertz CT molecular complexity index is 1490. The van der Waals surface area contributed by atoms with Gasteiger partial charge in [-0.1, -0.05) is 63.8 Å². The molecule has 0 bridgehead atoms. The number of carbonyl (C=O) groups excluding carboxylic acids is 1. The number of rotatable bonds is 9. The molecule has 210 valence electrons. The average molecular weight is 542 g/mol. The second-order valence-electron chi connectivity index (χ2n) is 11.1. The number of aryl methyl sites for hydroxylation is 1. The molecule has 1 aliphatic carbocycles. The third-order valence-corrected chi connectivity index (χ3v) is 8.42. The van der Waals surface area contributed by atoms with Gasteiger partial charge in [0.25, 0.3) is 0 Å². The third-order valence-electron chi connectivity index (χ3n) is 8.42. The lowest BCUT2D eigenvalue weighted by Gasteiger charge is -2.33. The summed E-state index contributed by atoms with van der Waals surface area (Å²) in [6, 6.07) is 9.78. The number of hydrogen-bond acceptors (Lipinski definition) is 6. The lowest BCUT2D eigenvalue weighted by Crippen LogP contribution is -2.37. The minimum Gasteiger partial charge on any atom is -0.300 e. The third kappa shape index (κ3) is 5.69. The molecule has 3 heterocycles. The van der Waals surface area contributed by atoms with Crippen LogP contribution in [0.3, 0.4) is 0 Å². The molecule has 1 aliphatic rings. The van der Waals surface area contributed by atoms with Gasteiger partial charge in [-0.15, -0.1) is 10.2 Å². The summed E-state index contributed by atoms with van der Waals surface area (Å²) in [5, 5.41) is 14.7. The molecule has 0 aliphatic heterocycles. The zero-order chi connectivity index (χ0) is 28.1. The Balaban J connectivity index is 1.59. The van der Waals surface area contributed by atoms with Gasteiger partial charge in [0.2, 0.25) is 5.82 Å². The van der Waals surface area contributed by atoms with Crippen molar-refractivity contribution in [2.24, 2.45) is 11.8 Å². The van der Waals surface area contributed by atoms with Gasteiger partial charge in [0.15, 0.2) is 0 Å². The van der Waals surface area contributed by atoms with Gasteiger partial charge in [0, 0.05) is 35.8 Å². The number of benzene rings is 1. The molecule has 0 spiro atoms. The quantitative estimate of drug-likeness (QED) is 0.294. The molecule has 40 heavy (non-hydrogen) atoms. The molecule has 1 saturated carbocycles. The summed E-state index contributed by atoms with van der Waals surface area (Å²) in [6.07, 6.45) is 13.7. The van der Waals surface area contributed by atoms with Gasteiger partial charge in [-0.3, -0.25) is 18.9 Å².